The van der Waals surface area contributed by atoms with E-state index in [0.29, 0.717) is 25.0 Å². The third kappa shape index (κ3) is 4.11. The second kappa shape index (κ2) is 7.72. The summed E-state index contributed by atoms with van der Waals surface area (Å²) in [5, 5.41) is 0. The zero-order chi connectivity index (χ0) is 14.2. The fourth-order valence-electron chi connectivity index (χ4n) is 2.38. The summed E-state index contributed by atoms with van der Waals surface area (Å²) in [6.45, 7) is 5.11. The number of guanidine groups is 1. The molecule has 20 heavy (non-hydrogen) atoms. The van der Waals surface area contributed by atoms with Gasteiger partial charge in [0.1, 0.15) is 0 Å². The molecule has 1 aliphatic rings. The summed E-state index contributed by atoms with van der Waals surface area (Å²) in [6.07, 6.45) is 6.72. The van der Waals surface area contributed by atoms with E-state index in [1.165, 1.54) is 25.7 Å². The van der Waals surface area contributed by atoms with Gasteiger partial charge in [0.05, 0.1) is 13.2 Å². The van der Waals surface area contributed by atoms with Crippen LogP contribution in [0.3, 0.4) is 0 Å². The van der Waals surface area contributed by atoms with Gasteiger partial charge in [-0.05, 0) is 25.8 Å². The van der Waals surface area contributed by atoms with Crippen LogP contribution in [0.1, 0.15) is 38.2 Å². The number of hydrogen-bond acceptors (Lipinski definition) is 3. The molecule has 0 aromatic carbocycles. The van der Waals surface area contributed by atoms with Crippen LogP contribution in [0.4, 0.5) is 0 Å². The van der Waals surface area contributed by atoms with Gasteiger partial charge >= 0.3 is 0 Å². The monoisotopic (exact) mass is 276 g/mol. The first-order chi connectivity index (χ1) is 9.81. The van der Waals surface area contributed by atoms with Gasteiger partial charge in [-0.15, -0.1) is 0 Å². The Morgan fingerprint density at radius 3 is 2.80 bits per heavy atom. The summed E-state index contributed by atoms with van der Waals surface area (Å²) in [7, 11) is 0. The van der Waals surface area contributed by atoms with Gasteiger partial charge in [-0.1, -0.05) is 18.9 Å². The normalized spacial score (nSPS) is 16.9. The van der Waals surface area contributed by atoms with E-state index in [2.05, 4.69) is 14.9 Å². The summed E-state index contributed by atoms with van der Waals surface area (Å²) >= 11 is 0. The maximum atomic E-state index is 6.10. The highest BCUT2D eigenvalue weighted by Crippen LogP contribution is 2.16. The molecule has 0 spiro atoms. The minimum absolute atomic E-state index is 0.519. The number of ether oxygens (including phenoxy) is 1. The van der Waals surface area contributed by atoms with Crippen molar-refractivity contribution >= 4 is 5.96 Å². The Kier molecular flexibility index (Phi) is 5.65. The van der Waals surface area contributed by atoms with E-state index in [-0.39, 0.29) is 0 Å². The fraction of sp³-hybridized carbons (Fsp3) is 0.600. The highest BCUT2D eigenvalue weighted by molar-refractivity contribution is 5.78. The molecule has 0 amide bonds. The van der Waals surface area contributed by atoms with Gasteiger partial charge in [0.25, 0.3) is 0 Å². The van der Waals surface area contributed by atoms with Crippen molar-refractivity contribution in [2.45, 2.75) is 39.2 Å². The number of nitrogens with zero attached hydrogens (tertiary/aromatic N) is 3. The summed E-state index contributed by atoms with van der Waals surface area (Å²) in [4.78, 5) is 10.9. The lowest BCUT2D eigenvalue weighted by Gasteiger charge is -2.21. The Labute approximate surface area is 120 Å². The quantitative estimate of drug-likeness (QED) is 0.676. The molecule has 0 unspecified atom stereocenters. The third-order valence-electron chi connectivity index (χ3n) is 3.47. The van der Waals surface area contributed by atoms with Crippen LogP contribution < -0.4 is 10.5 Å². The van der Waals surface area contributed by atoms with Crippen molar-refractivity contribution in [1.82, 2.24) is 9.88 Å². The molecule has 2 heterocycles. The molecule has 0 atom stereocenters. The van der Waals surface area contributed by atoms with Gasteiger partial charge in [0, 0.05) is 24.8 Å². The molecule has 1 fully saturated rings. The Balaban J connectivity index is 2.00. The van der Waals surface area contributed by atoms with Crippen LogP contribution in [0.15, 0.2) is 23.3 Å². The van der Waals surface area contributed by atoms with E-state index in [4.69, 9.17) is 10.5 Å². The molecular weight excluding hydrogens is 252 g/mol. The Hall–Kier alpha value is -1.78. The van der Waals surface area contributed by atoms with Crippen LogP contribution in [-0.2, 0) is 6.54 Å². The maximum absolute atomic E-state index is 6.10. The molecule has 0 bridgehead atoms. The van der Waals surface area contributed by atoms with Crippen molar-refractivity contribution in [1.29, 1.82) is 0 Å². The van der Waals surface area contributed by atoms with E-state index in [1.54, 1.807) is 6.20 Å². The number of pyridine rings is 1. The number of aliphatic imine (C=N–C) groups is 1. The standard InChI is InChI=1S/C15H24N4O/c1-2-20-14-13(8-7-9-17-14)12-18-15(16)19-10-5-3-4-6-11-19/h7-9H,2-6,10-12H2,1H3,(H2,16,18). The SMILES string of the molecule is CCOc1ncccc1CN=C(N)N1CCCCCC1. The lowest BCUT2D eigenvalue weighted by atomic mass is 10.2. The number of hydrogen-bond donors (Lipinski definition) is 1. The van der Waals surface area contributed by atoms with E-state index in [9.17, 15) is 0 Å². The first-order valence-corrected chi connectivity index (χ1v) is 7.43. The van der Waals surface area contributed by atoms with Gasteiger partial charge < -0.3 is 15.4 Å². The van der Waals surface area contributed by atoms with Crippen LogP contribution in [0, 0.1) is 0 Å². The van der Waals surface area contributed by atoms with Crippen LogP contribution in [0.5, 0.6) is 5.88 Å². The van der Waals surface area contributed by atoms with Crippen LogP contribution in [0.25, 0.3) is 0 Å². The molecule has 1 aliphatic heterocycles. The van der Waals surface area contributed by atoms with E-state index in [0.717, 1.165) is 18.7 Å². The number of rotatable bonds is 4. The van der Waals surface area contributed by atoms with Gasteiger partial charge in [0.2, 0.25) is 5.88 Å². The van der Waals surface area contributed by atoms with Crippen molar-refractivity contribution in [3.63, 3.8) is 0 Å². The first-order valence-electron chi connectivity index (χ1n) is 7.43. The summed E-state index contributed by atoms with van der Waals surface area (Å²) < 4.78 is 5.50. The van der Waals surface area contributed by atoms with Crippen LogP contribution in [0.2, 0.25) is 0 Å². The van der Waals surface area contributed by atoms with Gasteiger partial charge in [-0.2, -0.15) is 0 Å². The molecule has 1 saturated heterocycles. The van der Waals surface area contributed by atoms with E-state index >= 15 is 0 Å². The van der Waals surface area contributed by atoms with Gasteiger partial charge in [0.15, 0.2) is 5.96 Å². The molecule has 110 valence electrons. The molecule has 0 radical (unpaired) electrons. The topological polar surface area (TPSA) is 63.7 Å². The molecule has 2 N–H and O–H groups in total. The average molecular weight is 276 g/mol. The van der Waals surface area contributed by atoms with Crippen molar-refractivity contribution in [3.05, 3.63) is 23.9 Å². The zero-order valence-corrected chi connectivity index (χ0v) is 12.2. The predicted molar refractivity (Wildman–Crippen MR) is 80.8 cm³/mol. The molecule has 2 rings (SSSR count). The summed E-state index contributed by atoms with van der Waals surface area (Å²) in [5.41, 5.74) is 7.08. The first kappa shape index (κ1) is 14.6. The highest BCUT2D eigenvalue weighted by atomic mass is 16.5. The second-order valence-electron chi connectivity index (χ2n) is 4.98. The minimum Gasteiger partial charge on any atom is -0.478 e. The summed E-state index contributed by atoms with van der Waals surface area (Å²) in [5.74, 6) is 1.29. The Morgan fingerprint density at radius 1 is 1.35 bits per heavy atom. The molecule has 1 aromatic rings. The van der Waals surface area contributed by atoms with Crippen molar-refractivity contribution in [2.75, 3.05) is 19.7 Å². The number of nitrogens with two attached hydrogens (primary N) is 1. The Morgan fingerprint density at radius 2 is 2.10 bits per heavy atom. The minimum atomic E-state index is 0.519. The van der Waals surface area contributed by atoms with Gasteiger partial charge in [-0.3, -0.25) is 0 Å². The molecule has 5 heteroatoms. The smallest absolute Gasteiger partial charge is 0.218 e. The molecule has 1 aromatic heterocycles. The van der Waals surface area contributed by atoms with E-state index in [1.807, 2.05) is 19.1 Å². The zero-order valence-electron chi connectivity index (χ0n) is 12.2. The third-order valence-corrected chi connectivity index (χ3v) is 3.47. The highest BCUT2D eigenvalue weighted by Gasteiger charge is 2.11. The summed E-state index contributed by atoms with van der Waals surface area (Å²) in [6, 6.07) is 3.88. The van der Waals surface area contributed by atoms with Crippen molar-refractivity contribution < 1.29 is 4.74 Å². The second-order valence-corrected chi connectivity index (χ2v) is 4.98. The van der Waals surface area contributed by atoms with Crippen LogP contribution in [-0.4, -0.2) is 35.5 Å². The van der Waals surface area contributed by atoms with Crippen molar-refractivity contribution in [2.24, 2.45) is 10.7 Å². The number of aromatic nitrogens is 1. The van der Waals surface area contributed by atoms with E-state index < -0.39 is 0 Å². The molecule has 0 aliphatic carbocycles. The predicted octanol–water partition coefficient (Wildman–Crippen LogP) is 2.17. The fourth-order valence-corrected chi connectivity index (χ4v) is 2.38. The van der Waals surface area contributed by atoms with Crippen molar-refractivity contribution in [3.8, 4) is 5.88 Å². The number of likely N-dealkylation sites (tertiary alicyclic amines) is 1. The van der Waals surface area contributed by atoms with Gasteiger partial charge in [-0.25, -0.2) is 9.98 Å². The lowest BCUT2D eigenvalue weighted by molar-refractivity contribution is 0.323. The largest absolute Gasteiger partial charge is 0.478 e. The molecule has 0 saturated carbocycles. The average Bonchev–Trinajstić information content (AvgIpc) is 2.75. The van der Waals surface area contributed by atoms with Crippen LogP contribution >= 0.6 is 0 Å². The molecular formula is C15H24N4O. The molecule has 5 nitrogen and oxygen atoms in total. The maximum Gasteiger partial charge on any atom is 0.218 e. The Bertz CT molecular complexity index is 439. The lowest BCUT2D eigenvalue weighted by Crippen LogP contribution is -2.38.